The van der Waals surface area contributed by atoms with Gasteiger partial charge >= 0.3 is 0 Å². The van der Waals surface area contributed by atoms with E-state index >= 15 is 0 Å². The van der Waals surface area contributed by atoms with Gasteiger partial charge in [0.25, 0.3) is 5.91 Å². The van der Waals surface area contributed by atoms with Gasteiger partial charge in [-0.1, -0.05) is 18.2 Å². The average Bonchev–Trinajstić information content (AvgIpc) is 2.30. The van der Waals surface area contributed by atoms with Gasteiger partial charge in [-0.05, 0) is 24.4 Å². The van der Waals surface area contributed by atoms with Crippen LogP contribution in [0.3, 0.4) is 0 Å². The highest BCUT2D eigenvalue weighted by Crippen LogP contribution is 2.11. The molecule has 1 aromatic heterocycles. The summed E-state index contributed by atoms with van der Waals surface area (Å²) in [5, 5.41) is 2.71. The molecule has 0 spiro atoms. The van der Waals surface area contributed by atoms with Crippen molar-refractivity contribution in [3.63, 3.8) is 0 Å². The lowest BCUT2D eigenvalue weighted by Gasteiger charge is -2.06. The van der Waals surface area contributed by atoms with Gasteiger partial charge in [-0.25, -0.2) is 4.98 Å². The Morgan fingerprint density at radius 3 is 2.71 bits per heavy atom. The van der Waals surface area contributed by atoms with Gasteiger partial charge in [0.1, 0.15) is 5.82 Å². The van der Waals surface area contributed by atoms with Crippen LogP contribution in [0.4, 0.5) is 11.5 Å². The molecule has 0 bridgehead atoms. The molecular formula is C11H10N4OS. The number of aromatic amines is 1. The number of benzene rings is 1. The fourth-order valence-electron chi connectivity index (χ4n) is 1.31. The van der Waals surface area contributed by atoms with Gasteiger partial charge in [0.15, 0.2) is 4.77 Å². The minimum Gasteiger partial charge on any atom is -0.384 e. The number of aromatic nitrogens is 2. The number of rotatable bonds is 2. The smallest absolute Gasteiger partial charge is 0.260 e. The zero-order chi connectivity index (χ0) is 12.3. The first kappa shape index (κ1) is 11.3. The number of hydrogen-bond donors (Lipinski definition) is 3. The zero-order valence-electron chi connectivity index (χ0n) is 8.81. The maximum Gasteiger partial charge on any atom is 0.260 e. The van der Waals surface area contributed by atoms with Crippen LogP contribution in [0.15, 0.2) is 36.5 Å². The van der Waals surface area contributed by atoms with Crippen LogP contribution in [0.5, 0.6) is 0 Å². The van der Waals surface area contributed by atoms with Crippen molar-refractivity contribution >= 4 is 29.6 Å². The number of hydrogen-bond acceptors (Lipinski definition) is 4. The van der Waals surface area contributed by atoms with E-state index in [-0.39, 0.29) is 22.1 Å². The van der Waals surface area contributed by atoms with E-state index in [1.807, 2.05) is 18.2 Å². The van der Waals surface area contributed by atoms with Gasteiger partial charge in [-0.3, -0.25) is 4.79 Å². The van der Waals surface area contributed by atoms with Crippen molar-refractivity contribution in [1.29, 1.82) is 0 Å². The number of nitrogens with zero attached hydrogens (tertiary/aromatic N) is 1. The van der Waals surface area contributed by atoms with Crippen LogP contribution in [0.25, 0.3) is 0 Å². The highest BCUT2D eigenvalue weighted by atomic mass is 32.1. The Morgan fingerprint density at radius 1 is 1.35 bits per heavy atom. The van der Waals surface area contributed by atoms with E-state index in [0.29, 0.717) is 5.69 Å². The lowest BCUT2D eigenvalue weighted by molar-refractivity contribution is 0.102. The first-order valence-corrected chi connectivity index (χ1v) is 5.29. The predicted molar refractivity (Wildman–Crippen MR) is 68.2 cm³/mol. The fraction of sp³-hybridized carbons (Fsp3) is 0. The molecule has 17 heavy (non-hydrogen) atoms. The Morgan fingerprint density at radius 2 is 2.06 bits per heavy atom. The molecule has 0 aliphatic heterocycles. The Kier molecular flexibility index (Phi) is 3.15. The van der Waals surface area contributed by atoms with E-state index in [2.05, 4.69) is 15.3 Å². The number of carbonyl (C=O) groups is 1. The van der Waals surface area contributed by atoms with Gasteiger partial charge < -0.3 is 16.0 Å². The predicted octanol–water partition coefficient (Wildman–Crippen LogP) is 1.97. The monoisotopic (exact) mass is 246 g/mol. The number of amides is 1. The summed E-state index contributed by atoms with van der Waals surface area (Å²) in [4.78, 5) is 18.3. The molecule has 86 valence electrons. The molecule has 1 amide bonds. The molecule has 1 aromatic carbocycles. The molecule has 2 rings (SSSR count). The second kappa shape index (κ2) is 4.75. The fourth-order valence-corrected chi connectivity index (χ4v) is 1.47. The Balaban J connectivity index is 2.24. The Hall–Kier alpha value is -2.21. The summed E-state index contributed by atoms with van der Waals surface area (Å²) in [6.45, 7) is 0. The highest BCUT2D eigenvalue weighted by Gasteiger charge is 2.10. The van der Waals surface area contributed by atoms with Gasteiger partial charge in [-0.15, -0.1) is 0 Å². The first-order chi connectivity index (χ1) is 8.16. The van der Waals surface area contributed by atoms with Crippen LogP contribution in [0.1, 0.15) is 10.4 Å². The maximum absolute atomic E-state index is 11.9. The van der Waals surface area contributed by atoms with Crippen molar-refractivity contribution in [2.75, 3.05) is 11.1 Å². The van der Waals surface area contributed by atoms with Crippen LogP contribution in [-0.2, 0) is 0 Å². The topological polar surface area (TPSA) is 83.8 Å². The summed E-state index contributed by atoms with van der Waals surface area (Å²) in [6.07, 6.45) is 1.35. The maximum atomic E-state index is 11.9. The van der Waals surface area contributed by atoms with Crippen molar-refractivity contribution in [3.05, 3.63) is 46.9 Å². The van der Waals surface area contributed by atoms with Crippen molar-refractivity contribution in [2.24, 2.45) is 0 Å². The SMILES string of the molecule is Nc1[nH]c(=S)ncc1C(=O)Nc1ccccc1. The Labute approximate surface area is 103 Å². The number of nitrogens with two attached hydrogens (primary N) is 1. The minimum absolute atomic E-state index is 0.207. The molecule has 0 aliphatic rings. The second-order valence-electron chi connectivity index (χ2n) is 3.34. The summed E-state index contributed by atoms with van der Waals surface area (Å²) in [5.74, 6) is -0.120. The molecule has 0 saturated heterocycles. The van der Waals surface area contributed by atoms with Crippen LogP contribution in [-0.4, -0.2) is 15.9 Å². The van der Waals surface area contributed by atoms with E-state index in [1.54, 1.807) is 12.1 Å². The molecule has 5 nitrogen and oxygen atoms in total. The molecule has 0 radical (unpaired) electrons. The first-order valence-electron chi connectivity index (χ1n) is 4.88. The average molecular weight is 246 g/mol. The van der Waals surface area contributed by atoms with Gasteiger partial charge in [0.05, 0.1) is 5.56 Å². The van der Waals surface area contributed by atoms with Crippen LogP contribution in [0, 0.1) is 4.77 Å². The molecule has 6 heteroatoms. The second-order valence-corrected chi connectivity index (χ2v) is 3.72. The number of para-hydroxylation sites is 1. The van der Waals surface area contributed by atoms with Crippen molar-refractivity contribution in [2.45, 2.75) is 0 Å². The lowest BCUT2D eigenvalue weighted by Crippen LogP contribution is -2.15. The number of nitrogen functional groups attached to an aromatic ring is 1. The van der Waals surface area contributed by atoms with Gasteiger partial charge in [0, 0.05) is 11.9 Å². The summed E-state index contributed by atoms with van der Waals surface area (Å²) in [5.41, 5.74) is 6.61. The molecule has 0 unspecified atom stereocenters. The van der Waals surface area contributed by atoms with Gasteiger partial charge in [-0.2, -0.15) is 0 Å². The molecule has 4 N–H and O–H groups in total. The summed E-state index contributed by atoms with van der Waals surface area (Å²) >= 11 is 4.80. The van der Waals surface area contributed by atoms with E-state index in [0.717, 1.165) is 0 Å². The summed E-state index contributed by atoms with van der Waals surface area (Å²) in [7, 11) is 0. The van der Waals surface area contributed by atoms with E-state index in [9.17, 15) is 4.79 Å². The third-order valence-corrected chi connectivity index (χ3v) is 2.33. The quantitative estimate of drug-likeness (QED) is 0.707. The zero-order valence-corrected chi connectivity index (χ0v) is 9.62. The number of carbonyl (C=O) groups excluding carboxylic acids is 1. The Bertz CT molecular complexity index is 594. The lowest BCUT2D eigenvalue weighted by atomic mass is 10.2. The normalized spacial score (nSPS) is 9.88. The largest absolute Gasteiger partial charge is 0.384 e. The van der Waals surface area contributed by atoms with E-state index < -0.39 is 0 Å². The molecule has 0 aliphatic carbocycles. The minimum atomic E-state index is -0.326. The van der Waals surface area contributed by atoms with Crippen molar-refractivity contribution in [1.82, 2.24) is 9.97 Å². The van der Waals surface area contributed by atoms with E-state index in [4.69, 9.17) is 18.0 Å². The standard InChI is InChI=1S/C11H10N4OS/c12-9-8(6-13-11(17)15-9)10(16)14-7-4-2-1-3-5-7/h1-6H,(H,14,16)(H3,12,13,15,17). The number of H-pyrrole nitrogens is 1. The number of anilines is 2. The molecule has 0 atom stereocenters. The molecule has 0 saturated carbocycles. The number of nitrogens with one attached hydrogen (secondary N) is 2. The third kappa shape index (κ3) is 2.67. The molecular weight excluding hydrogens is 236 g/mol. The van der Waals surface area contributed by atoms with Crippen LogP contribution < -0.4 is 11.1 Å². The third-order valence-electron chi connectivity index (χ3n) is 2.12. The van der Waals surface area contributed by atoms with Crippen LogP contribution in [0.2, 0.25) is 0 Å². The molecule has 1 heterocycles. The molecule has 2 aromatic rings. The molecule has 0 fully saturated rings. The van der Waals surface area contributed by atoms with Crippen molar-refractivity contribution < 1.29 is 4.79 Å². The summed E-state index contributed by atoms with van der Waals surface area (Å²) < 4.78 is 0.249. The van der Waals surface area contributed by atoms with Crippen LogP contribution >= 0.6 is 12.2 Å². The highest BCUT2D eigenvalue weighted by molar-refractivity contribution is 7.71. The summed E-state index contributed by atoms with van der Waals surface area (Å²) in [6, 6.07) is 9.09. The van der Waals surface area contributed by atoms with Crippen molar-refractivity contribution in [3.8, 4) is 0 Å². The van der Waals surface area contributed by atoms with Gasteiger partial charge in [0.2, 0.25) is 0 Å². The van der Waals surface area contributed by atoms with E-state index in [1.165, 1.54) is 6.20 Å².